The Kier molecular flexibility index (Phi) is 7.14. The van der Waals surface area contributed by atoms with Crippen molar-refractivity contribution >= 4 is 5.91 Å². The lowest BCUT2D eigenvalue weighted by Crippen LogP contribution is -2.27. The minimum absolute atomic E-state index is 0.0738. The van der Waals surface area contributed by atoms with E-state index in [1.54, 1.807) is 34.5 Å². The molecule has 0 saturated heterocycles. The Morgan fingerprint density at radius 2 is 1.46 bits per heavy atom. The van der Waals surface area contributed by atoms with Crippen LogP contribution in [0, 0.1) is 0 Å². The maximum Gasteiger partial charge on any atom is 0.224 e. The van der Waals surface area contributed by atoms with Gasteiger partial charge in [0.2, 0.25) is 5.91 Å². The lowest BCUT2D eigenvalue weighted by Gasteiger charge is -2.12. The molecule has 2 rings (SSSR count). The van der Waals surface area contributed by atoms with E-state index in [4.69, 9.17) is 18.9 Å². The van der Waals surface area contributed by atoms with Gasteiger partial charge in [-0.05, 0) is 36.2 Å². The molecule has 0 bridgehead atoms. The van der Waals surface area contributed by atoms with Gasteiger partial charge in [0.25, 0.3) is 0 Å². The third-order valence-electron chi connectivity index (χ3n) is 4.05. The summed E-state index contributed by atoms with van der Waals surface area (Å²) in [5, 5.41) is 2.93. The average molecular weight is 359 g/mol. The highest BCUT2D eigenvalue weighted by Gasteiger charge is 2.11. The number of hydrogen-bond acceptors (Lipinski definition) is 5. The van der Waals surface area contributed by atoms with E-state index in [1.807, 2.05) is 30.3 Å². The quantitative estimate of drug-likeness (QED) is 0.746. The van der Waals surface area contributed by atoms with E-state index in [2.05, 4.69) is 5.32 Å². The number of methoxy groups -OCH3 is 4. The molecule has 0 spiro atoms. The van der Waals surface area contributed by atoms with E-state index in [1.165, 1.54) is 0 Å². The summed E-state index contributed by atoms with van der Waals surface area (Å²) >= 11 is 0. The van der Waals surface area contributed by atoms with Crippen molar-refractivity contribution in [1.82, 2.24) is 5.32 Å². The van der Waals surface area contributed by atoms with Crippen LogP contribution in [0.25, 0.3) is 0 Å². The molecule has 0 unspecified atom stereocenters. The summed E-state index contributed by atoms with van der Waals surface area (Å²) in [7, 11) is 6.41. The standard InChI is InChI=1S/C20H25NO5/c1-23-16-7-8-18(25-3)15(11-16)9-10-21-20(22)12-14-5-6-17(24-2)13-19(14)26-4/h5-8,11,13H,9-10,12H2,1-4H3,(H,21,22). The SMILES string of the molecule is COc1ccc(OC)c(CCNC(=O)Cc2ccc(OC)cc2OC)c1. The van der Waals surface area contributed by atoms with Crippen molar-refractivity contribution in [2.75, 3.05) is 35.0 Å². The molecule has 0 fully saturated rings. The lowest BCUT2D eigenvalue weighted by molar-refractivity contribution is -0.120. The molecule has 0 aromatic heterocycles. The molecule has 2 aromatic carbocycles. The maximum atomic E-state index is 12.2. The summed E-state index contributed by atoms with van der Waals surface area (Å²) in [5.41, 5.74) is 1.79. The van der Waals surface area contributed by atoms with Crippen molar-refractivity contribution < 1.29 is 23.7 Å². The first-order chi connectivity index (χ1) is 12.6. The van der Waals surface area contributed by atoms with Crippen LogP contribution >= 0.6 is 0 Å². The Labute approximate surface area is 154 Å². The summed E-state index contributed by atoms with van der Waals surface area (Å²) in [6.45, 7) is 0.501. The van der Waals surface area contributed by atoms with Crippen molar-refractivity contribution in [1.29, 1.82) is 0 Å². The van der Waals surface area contributed by atoms with Crippen molar-refractivity contribution in [3.05, 3.63) is 47.5 Å². The van der Waals surface area contributed by atoms with Crippen molar-refractivity contribution in [2.45, 2.75) is 12.8 Å². The summed E-state index contributed by atoms with van der Waals surface area (Å²) in [4.78, 5) is 12.2. The topological polar surface area (TPSA) is 66.0 Å². The smallest absolute Gasteiger partial charge is 0.224 e. The fourth-order valence-electron chi connectivity index (χ4n) is 2.65. The average Bonchev–Trinajstić information content (AvgIpc) is 2.68. The minimum atomic E-state index is -0.0738. The van der Waals surface area contributed by atoms with Gasteiger partial charge in [-0.1, -0.05) is 6.07 Å². The van der Waals surface area contributed by atoms with E-state index in [0.29, 0.717) is 24.5 Å². The van der Waals surface area contributed by atoms with Crippen LogP contribution in [-0.2, 0) is 17.6 Å². The van der Waals surface area contributed by atoms with Crippen LogP contribution in [0.5, 0.6) is 23.0 Å². The molecule has 140 valence electrons. The first kappa shape index (κ1) is 19.4. The molecular formula is C20H25NO5. The predicted molar refractivity (Wildman–Crippen MR) is 99.5 cm³/mol. The zero-order chi connectivity index (χ0) is 18.9. The molecule has 1 amide bonds. The van der Waals surface area contributed by atoms with E-state index in [0.717, 1.165) is 22.6 Å². The number of hydrogen-bond donors (Lipinski definition) is 1. The molecule has 0 atom stereocenters. The molecule has 0 aliphatic carbocycles. The van der Waals surface area contributed by atoms with Gasteiger partial charge in [-0.25, -0.2) is 0 Å². The summed E-state index contributed by atoms with van der Waals surface area (Å²) in [6.07, 6.45) is 0.883. The Morgan fingerprint density at radius 3 is 2.12 bits per heavy atom. The number of carbonyl (C=O) groups excluding carboxylic acids is 1. The lowest BCUT2D eigenvalue weighted by atomic mass is 10.1. The van der Waals surface area contributed by atoms with E-state index in [-0.39, 0.29) is 12.3 Å². The summed E-state index contributed by atoms with van der Waals surface area (Å²) < 4.78 is 21.1. The number of rotatable bonds is 9. The van der Waals surface area contributed by atoms with Gasteiger partial charge in [0.1, 0.15) is 23.0 Å². The molecule has 0 heterocycles. The highest BCUT2D eigenvalue weighted by atomic mass is 16.5. The number of carbonyl (C=O) groups is 1. The molecule has 26 heavy (non-hydrogen) atoms. The second-order valence-electron chi connectivity index (χ2n) is 5.63. The largest absolute Gasteiger partial charge is 0.497 e. The maximum absolute atomic E-state index is 12.2. The third-order valence-corrected chi connectivity index (χ3v) is 4.05. The van der Waals surface area contributed by atoms with Crippen LogP contribution in [0.3, 0.4) is 0 Å². The minimum Gasteiger partial charge on any atom is -0.497 e. The van der Waals surface area contributed by atoms with Gasteiger partial charge >= 0.3 is 0 Å². The normalized spacial score (nSPS) is 10.2. The summed E-state index contributed by atoms with van der Waals surface area (Å²) in [5.74, 6) is 2.78. The van der Waals surface area contributed by atoms with Crippen LogP contribution in [0.4, 0.5) is 0 Å². The zero-order valence-electron chi connectivity index (χ0n) is 15.6. The third kappa shape index (κ3) is 5.05. The van der Waals surface area contributed by atoms with Crippen LogP contribution in [0.2, 0.25) is 0 Å². The first-order valence-corrected chi connectivity index (χ1v) is 8.29. The Morgan fingerprint density at radius 1 is 0.808 bits per heavy atom. The highest BCUT2D eigenvalue weighted by molar-refractivity contribution is 5.79. The molecular weight excluding hydrogens is 334 g/mol. The Hall–Kier alpha value is -2.89. The van der Waals surface area contributed by atoms with E-state index in [9.17, 15) is 4.79 Å². The molecule has 1 N–H and O–H groups in total. The molecule has 6 heteroatoms. The van der Waals surface area contributed by atoms with Crippen LogP contribution in [0.15, 0.2) is 36.4 Å². The molecule has 6 nitrogen and oxygen atoms in total. The van der Waals surface area contributed by atoms with Crippen LogP contribution < -0.4 is 24.3 Å². The molecule has 2 aromatic rings. The monoisotopic (exact) mass is 359 g/mol. The second kappa shape index (κ2) is 9.56. The van der Waals surface area contributed by atoms with E-state index >= 15 is 0 Å². The first-order valence-electron chi connectivity index (χ1n) is 8.29. The Balaban J connectivity index is 1.94. The van der Waals surface area contributed by atoms with Gasteiger partial charge in [0.15, 0.2) is 0 Å². The van der Waals surface area contributed by atoms with Crippen molar-refractivity contribution in [3.8, 4) is 23.0 Å². The molecule has 0 aliphatic heterocycles. The van der Waals surface area contributed by atoms with Gasteiger partial charge in [-0.2, -0.15) is 0 Å². The summed E-state index contributed by atoms with van der Waals surface area (Å²) in [6, 6.07) is 11.0. The molecule has 0 radical (unpaired) electrons. The van der Waals surface area contributed by atoms with E-state index < -0.39 is 0 Å². The number of nitrogens with one attached hydrogen (secondary N) is 1. The number of ether oxygens (including phenoxy) is 4. The fraction of sp³-hybridized carbons (Fsp3) is 0.350. The molecule has 0 saturated carbocycles. The number of benzene rings is 2. The number of amides is 1. The highest BCUT2D eigenvalue weighted by Crippen LogP contribution is 2.25. The molecule has 0 aliphatic rings. The predicted octanol–water partition coefficient (Wildman–Crippen LogP) is 2.62. The van der Waals surface area contributed by atoms with Gasteiger partial charge in [0.05, 0.1) is 34.9 Å². The fourth-order valence-corrected chi connectivity index (χ4v) is 2.65. The Bertz CT molecular complexity index is 745. The van der Waals surface area contributed by atoms with Crippen LogP contribution in [-0.4, -0.2) is 40.9 Å². The van der Waals surface area contributed by atoms with Gasteiger partial charge in [0, 0.05) is 18.2 Å². The zero-order valence-corrected chi connectivity index (χ0v) is 15.6. The van der Waals surface area contributed by atoms with Crippen molar-refractivity contribution in [2.24, 2.45) is 0 Å². The second-order valence-corrected chi connectivity index (χ2v) is 5.63. The van der Waals surface area contributed by atoms with Crippen molar-refractivity contribution in [3.63, 3.8) is 0 Å². The van der Waals surface area contributed by atoms with Gasteiger partial charge in [-0.15, -0.1) is 0 Å². The van der Waals surface area contributed by atoms with Gasteiger partial charge < -0.3 is 24.3 Å². The van der Waals surface area contributed by atoms with Gasteiger partial charge in [-0.3, -0.25) is 4.79 Å². The van der Waals surface area contributed by atoms with Crippen LogP contribution in [0.1, 0.15) is 11.1 Å².